The summed E-state index contributed by atoms with van der Waals surface area (Å²) in [5, 5.41) is 3.71. The van der Waals surface area contributed by atoms with Gasteiger partial charge in [-0.25, -0.2) is 14.4 Å². The van der Waals surface area contributed by atoms with Gasteiger partial charge in [0.15, 0.2) is 0 Å². The summed E-state index contributed by atoms with van der Waals surface area (Å²) in [6, 6.07) is 17.3. The van der Waals surface area contributed by atoms with Crippen LogP contribution in [0.1, 0.15) is 40.4 Å². The average molecular weight is 544 g/mol. The van der Waals surface area contributed by atoms with Crippen LogP contribution < -0.4 is 10.1 Å². The molecule has 0 atom stereocenters. The van der Waals surface area contributed by atoms with Crippen molar-refractivity contribution >= 4 is 34.9 Å². The predicted octanol–water partition coefficient (Wildman–Crippen LogP) is 6.52. The first-order chi connectivity index (χ1) is 18.9. The average Bonchev–Trinajstić information content (AvgIpc) is 3.09. The van der Waals surface area contributed by atoms with Crippen molar-refractivity contribution in [3.8, 4) is 17.0 Å². The van der Waals surface area contributed by atoms with Gasteiger partial charge in [-0.15, -0.1) is 0 Å². The Morgan fingerprint density at radius 2 is 1.92 bits per heavy atom. The van der Waals surface area contributed by atoms with Gasteiger partial charge in [-0.3, -0.25) is 9.79 Å². The highest BCUT2D eigenvalue weighted by Gasteiger charge is 2.25. The molecular weight excluding hydrogens is 517 g/mol. The summed E-state index contributed by atoms with van der Waals surface area (Å²) in [6.07, 6.45) is 2.61. The second-order valence-corrected chi connectivity index (χ2v) is 9.60. The number of aromatic nitrogens is 2. The van der Waals surface area contributed by atoms with E-state index in [0.29, 0.717) is 45.8 Å². The smallest absolute Gasteiger partial charge is 0.253 e. The van der Waals surface area contributed by atoms with Crippen LogP contribution in [0, 0.1) is 5.82 Å². The van der Waals surface area contributed by atoms with Crippen LogP contribution >= 0.6 is 11.6 Å². The lowest BCUT2D eigenvalue weighted by Crippen LogP contribution is -2.27. The van der Waals surface area contributed by atoms with Gasteiger partial charge < -0.3 is 15.0 Å². The molecule has 1 aromatic heterocycles. The van der Waals surface area contributed by atoms with Gasteiger partial charge in [0.1, 0.15) is 11.6 Å². The number of carbonyl (C=O) groups is 1. The molecule has 1 N–H and O–H groups in total. The van der Waals surface area contributed by atoms with Gasteiger partial charge in [0, 0.05) is 52.8 Å². The highest BCUT2D eigenvalue weighted by atomic mass is 35.5. The number of benzene rings is 3. The third-order valence-electron chi connectivity index (χ3n) is 6.49. The molecule has 2 heterocycles. The third-order valence-corrected chi connectivity index (χ3v) is 6.72. The SMILES string of the molecule is CCCN(C)C(=O)c1ccc(Nc2ncc3c(n2)-c2ccc(Cl)cc2C(c2c(F)cccc2OC)=NC3)cc1. The second kappa shape index (κ2) is 11.2. The lowest BCUT2D eigenvalue weighted by Gasteiger charge is -2.16. The normalized spacial score (nSPS) is 12.1. The molecular formula is C30H27ClFN5O2. The molecule has 1 aliphatic rings. The molecule has 9 heteroatoms. The fraction of sp³-hybridized carbons (Fsp3) is 0.200. The van der Waals surface area contributed by atoms with E-state index >= 15 is 4.39 Å². The summed E-state index contributed by atoms with van der Waals surface area (Å²) in [5.74, 6) is 0.286. The van der Waals surface area contributed by atoms with E-state index in [0.717, 1.165) is 23.2 Å². The highest BCUT2D eigenvalue weighted by Crippen LogP contribution is 2.36. The molecule has 0 saturated heterocycles. The largest absolute Gasteiger partial charge is 0.496 e. The van der Waals surface area contributed by atoms with E-state index in [1.54, 1.807) is 54.5 Å². The number of halogens is 2. The minimum absolute atomic E-state index is 0.0257. The van der Waals surface area contributed by atoms with Gasteiger partial charge in [-0.05, 0) is 55.0 Å². The van der Waals surface area contributed by atoms with Crippen molar-refractivity contribution in [1.29, 1.82) is 0 Å². The maximum absolute atomic E-state index is 15.1. The van der Waals surface area contributed by atoms with Gasteiger partial charge in [-0.2, -0.15) is 0 Å². The zero-order valence-corrected chi connectivity index (χ0v) is 22.6. The standard InChI is InChI=1S/C30H27ClFN5O2/c1-4-14-37(2)29(38)18-8-11-21(12-9-18)35-30-34-17-19-16-33-28(26-24(32)6-5-7-25(26)39-3)23-15-20(31)10-13-22(23)27(19)36-30/h5-13,15,17H,4,14,16H2,1-3H3,(H,34,35,36). The maximum Gasteiger partial charge on any atom is 0.253 e. The number of methoxy groups -OCH3 is 1. The van der Waals surface area contributed by atoms with Gasteiger partial charge in [0.05, 0.1) is 30.6 Å². The summed E-state index contributed by atoms with van der Waals surface area (Å²) in [5.41, 5.74) is 4.90. The van der Waals surface area contributed by atoms with Crippen LogP contribution in [0.5, 0.6) is 5.75 Å². The minimum atomic E-state index is -0.443. The van der Waals surface area contributed by atoms with Gasteiger partial charge in [0.2, 0.25) is 5.95 Å². The number of amides is 1. The molecule has 3 aromatic carbocycles. The number of nitrogens with zero attached hydrogens (tertiary/aromatic N) is 4. The zero-order chi connectivity index (χ0) is 27.5. The Labute approximate surface area is 231 Å². The summed E-state index contributed by atoms with van der Waals surface area (Å²) < 4.78 is 20.6. The predicted molar refractivity (Wildman–Crippen MR) is 152 cm³/mol. The number of nitrogens with one attached hydrogen (secondary N) is 1. The van der Waals surface area contributed by atoms with Crippen LogP contribution in [0.15, 0.2) is 71.9 Å². The summed E-state index contributed by atoms with van der Waals surface area (Å²) >= 11 is 6.38. The van der Waals surface area contributed by atoms with E-state index in [1.165, 1.54) is 13.2 Å². The van der Waals surface area contributed by atoms with Crippen molar-refractivity contribution in [1.82, 2.24) is 14.9 Å². The van der Waals surface area contributed by atoms with Crippen molar-refractivity contribution in [2.24, 2.45) is 4.99 Å². The quantitative estimate of drug-likeness (QED) is 0.287. The van der Waals surface area contributed by atoms with Crippen LogP contribution in [-0.4, -0.2) is 47.2 Å². The van der Waals surface area contributed by atoms with E-state index in [4.69, 9.17) is 26.3 Å². The Bertz CT molecular complexity index is 1570. The number of fused-ring (bicyclic) bond motifs is 3. The molecule has 0 radical (unpaired) electrons. The second-order valence-electron chi connectivity index (χ2n) is 9.17. The number of aliphatic imine (C=N–C) groups is 1. The summed E-state index contributed by atoms with van der Waals surface area (Å²) in [6.45, 7) is 2.98. The molecule has 0 spiro atoms. The molecule has 5 rings (SSSR count). The number of ether oxygens (including phenoxy) is 1. The van der Waals surface area contributed by atoms with Crippen LogP contribution in [0.25, 0.3) is 11.3 Å². The van der Waals surface area contributed by atoms with Crippen molar-refractivity contribution in [2.45, 2.75) is 19.9 Å². The molecule has 0 aliphatic carbocycles. The Kier molecular flexibility index (Phi) is 7.56. The minimum Gasteiger partial charge on any atom is -0.496 e. The summed E-state index contributed by atoms with van der Waals surface area (Å²) in [7, 11) is 3.29. The maximum atomic E-state index is 15.1. The molecule has 4 aromatic rings. The highest BCUT2D eigenvalue weighted by molar-refractivity contribution is 6.31. The fourth-order valence-corrected chi connectivity index (χ4v) is 4.76. The molecule has 0 saturated carbocycles. The van der Waals surface area contributed by atoms with Crippen molar-refractivity contribution < 1.29 is 13.9 Å². The van der Waals surface area contributed by atoms with E-state index in [9.17, 15) is 4.79 Å². The Morgan fingerprint density at radius 1 is 1.13 bits per heavy atom. The topological polar surface area (TPSA) is 79.7 Å². The van der Waals surface area contributed by atoms with E-state index < -0.39 is 5.82 Å². The first kappa shape index (κ1) is 26.3. The molecule has 39 heavy (non-hydrogen) atoms. The van der Waals surface area contributed by atoms with Gasteiger partial charge in [0.25, 0.3) is 5.91 Å². The van der Waals surface area contributed by atoms with Crippen LogP contribution in [-0.2, 0) is 6.54 Å². The molecule has 1 aliphatic heterocycles. The van der Waals surface area contributed by atoms with E-state index in [2.05, 4.69) is 10.3 Å². The molecule has 0 unspecified atom stereocenters. The number of carbonyl (C=O) groups excluding carboxylic acids is 1. The van der Waals surface area contributed by atoms with Crippen molar-refractivity contribution in [3.05, 3.63) is 100.0 Å². The summed E-state index contributed by atoms with van der Waals surface area (Å²) in [4.78, 5) is 28.3. The molecule has 198 valence electrons. The van der Waals surface area contributed by atoms with E-state index in [-0.39, 0.29) is 18.0 Å². The first-order valence-electron chi connectivity index (χ1n) is 12.6. The lowest BCUT2D eigenvalue weighted by atomic mass is 9.94. The number of anilines is 2. The molecule has 0 fully saturated rings. The number of rotatable bonds is 7. The van der Waals surface area contributed by atoms with Crippen LogP contribution in [0.2, 0.25) is 5.02 Å². The molecule has 7 nitrogen and oxygen atoms in total. The first-order valence-corrected chi connectivity index (χ1v) is 12.9. The Hall–Kier alpha value is -4.30. The lowest BCUT2D eigenvalue weighted by molar-refractivity contribution is 0.0795. The number of hydrogen-bond acceptors (Lipinski definition) is 6. The molecule has 0 bridgehead atoms. The Morgan fingerprint density at radius 3 is 2.67 bits per heavy atom. The fourth-order valence-electron chi connectivity index (χ4n) is 4.58. The zero-order valence-electron chi connectivity index (χ0n) is 21.8. The Balaban J connectivity index is 1.50. The molecule has 1 amide bonds. The monoisotopic (exact) mass is 543 g/mol. The van der Waals surface area contributed by atoms with Crippen molar-refractivity contribution in [3.63, 3.8) is 0 Å². The van der Waals surface area contributed by atoms with Crippen LogP contribution in [0.4, 0.5) is 16.0 Å². The van der Waals surface area contributed by atoms with Crippen molar-refractivity contribution in [2.75, 3.05) is 26.0 Å². The van der Waals surface area contributed by atoms with Gasteiger partial charge in [-0.1, -0.05) is 30.7 Å². The van der Waals surface area contributed by atoms with Crippen LogP contribution in [0.3, 0.4) is 0 Å². The van der Waals surface area contributed by atoms with Gasteiger partial charge >= 0.3 is 0 Å². The number of hydrogen-bond donors (Lipinski definition) is 1. The van der Waals surface area contributed by atoms with E-state index in [1.807, 2.05) is 25.1 Å². The third kappa shape index (κ3) is 5.33.